The lowest BCUT2D eigenvalue weighted by molar-refractivity contribution is -0.131. The van der Waals surface area contributed by atoms with Crippen molar-refractivity contribution in [3.8, 4) is 34.5 Å². The molecule has 6 aliphatic rings. The third kappa shape index (κ3) is 28.0. The van der Waals surface area contributed by atoms with Crippen LogP contribution in [0.4, 0.5) is 0 Å². The largest absolute Gasteiger partial charge is 0.491 e. The molecule has 0 aromatic heterocycles. The number of fused-ring (bicyclic) bond motifs is 6. The number of esters is 1. The van der Waals surface area contributed by atoms with Gasteiger partial charge in [0.1, 0.15) is 123 Å². The van der Waals surface area contributed by atoms with Crippen LogP contribution < -0.4 is 28.4 Å². The lowest BCUT2D eigenvalue weighted by Gasteiger charge is -2.16. The summed E-state index contributed by atoms with van der Waals surface area (Å²) < 4.78 is 70.8. The second-order valence-corrected chi connectivity index (χ2v) is 45.5. The van der Waals surface area contributed by atoms with Crippen LogP contribution in [-0.2, 0) is 103 Å². The van der Waals surface area contributed by atoms with Crippen LogP contribution in [0.2, 0.25) is 0 Å². The highest BCUT2D eigenvalue weighted by molar-refractivity contribution is 7.98. The molecule has 0 radical (unpaired) electrons. The predicted octanol–water partition coefficient (Wildman–Crippen LogP) is 23.2. The van der Waals surface area contributed by atoms with Crippen LogP contribution >= 0.6 is 0 Å². The van der Waals surface area contributed by atoms with Crippen molar-refractivity contribution in [1.29, 1.82) is 0 Å². The Hall–Kier alpha value is -7.51. The highest BCUT2D eigenvalue weighted by Gasteiger charge is 2.35. The standard InChI is InChI=1S/C20H27O3S.C19H25O3S.C18H23O2S.C17H19O2S.C17H21O2S.C16H19O2S/c1-21-11-12-22-13-14-23-19-9-10-20(24-15-5-2-6-16-24)18-8-4-3-7-17(18)19;1-20-10-11-21-12-13-22-18-8-9-19(23-14-4-5-15-23)17-7-3-2-6-16(17)18;1-19-11-12-20-17-9-10-18(21-13-5-2-6-14-21)16-8-4-3-7-15(16)17;1-13(18)19-16-9-10-17(20-11-5-2-6-12-20)15-8-4-3-7-14(15)16;1-2-18-13-19-16-9-10-17(20-11-5-6-12-20)15-8-4-3-7-14(15)16;1-17-12-18-15-8-9-16(19-10-4-5-11-19)14-7-3-2-6-13(14)15/h3-4,7-10H,2,5-6,11-16H2,1H3;2-3,6-9H,4-5,10-15H2,1H3;3-4,7-10H,2,5-6,11-14H2,1H3;3-4,7-10H,2,5-6,11-12H2,1H3;3-4,7-10H,2,5-6,11-13H2,1H3;2-3,6-9H,4-5,10-12H2,1H3/q6*+1. The molecule has 127 heavy (non-hydrogen) atoms. The summed E-state index contributed by atoms with van der Waals surface area (Å²) in [6.45, 7) is 10.7. The second-order valence-electron chi connectivity index (χ2n) is 32.0. The molecule has 0 spiro atoms. The Morgan fingerprint density at radius 1 is 0.228 bits per heavy atom. The summed E-state index contributed by atoms with van der Waals surface area (Å²) in [5.41, 5.74) is 0. The lowest BCUT2D eigenvalue weighted by Crippen LogP contribution is -2.18. The molecule has 6 heterocycles. The van der Waals surface area contributed by atoms with Crippen LogP contribution in [-0.4, -0.2) is 190 Å². The number of rotatable bonds is 32. The summed E-state index contributed by atoms with van der Waals surface area (Å²) in [5.74, 6) is 21.3. The number of benzene rings is 12. The number of methoxy groups -OCH3 is 4. The van der Waals surface area contributed by atoms with Gasteiger partial charge in [-0.2, -0.15) is 0 Å². The summed E-state index contributed by atoms with van der Waals surface area (Å²) in [6.07, 6.45) is 20.6. The van der Waals surface area contributed by atoms with Crippen molar-refractivity contribution in [2.24, 2.45) is 0 Å². The van der Waals surface area contributed by atoms with E-state index in [0.717, 1.165) is 34.1 Å². The van der Waals surface area contributed by atoms with Gasteiger partial charge in [0.25, 0.3) is 0 Å². The third-order valence-corrected chi connectivity index (χ3v) is 38.6. The fourth-order valence-corrected chi connectivity index (χ4v) is 32.1. The van der Waals surface area contributed by atoms with Gasteiger partial charge in [-0.3, -0.25) is 4.79 Å². The fraction of sp³-hybridized carbons (Fsp3) is 0.430. The minimum absolute atomic E-state index is 0.261. The van der Waals surface area contributed by atoms with Crippen LogP contribution in [0.15, 0.2) is 248 Å². The number of carbonyl (C=O) groups excluding carboxylic acids is 1. The first-order chi connectivity index (χ1) is 62.7. The zero-order valence-electron chi connectivity index (χ0n) is 75.7. The molecule has 6 fully saturated rings. The molecular formula is C107H134O14S6+6. The van der Waals surface area contributed by atoms with Crippen molar-refractivity contribution in [3.63, 3.8) is 0 Å². The van der Waals surface area contributed by atoms with Crippen LogP contribution in [0.25, 0.3) is 64.6 Å². The highest BCUT2D eigenvalue weighted by Crippen LogP contribution is 2.42. The van der Waals surface area contributed by atoms with Crippen molar-refractivity contribution in [3.05, 3.63) is 218 Å². The quantitative estimate of drug-likeness (QED) is 0.0130. The molecule has 20 heteroatoms. The van der Waals surface area contributed by atoms with E-state index in [1.807, 2.05) is 25.1 Å². The van der Waals surface area contributed by atoms with Gasteiger partial charge in [-0.25, -0.2) is 0 Å². The van der Waals surface area contributed by atoms with Crippen LogP contribution in [0.1, 0.15) is 110 Å². The maximum atomic E-state index is 11.2. The van der Waals surface area contributed by atoms with E-state index in [-0.39, 0.29) is 5.97 Å². The summed E-state index contributed by atoms with van der Waals surface area (Å²) >= 11 is 0. The molecule has 0 amide bonds. The van der Waals surface area contributed by atoms with E-state index in [1.165, 1.54) is 261 Å². The molecule has 0 aliphatic carbocycles. The van der Waals surface area contributed by atoms with E-state index in [4.69, 9.17) is 61.6 Å². The topological polar surface area (TPSA) is 137 Å². The Morgan fingerprint density at radius 2 is 0.441 bits per heavy atom. The molecule has 14 nitrogen and oxygen atoms in total. The molecule has 0 saturated carbocycles. The smallest absolute Gasteiger partial charge is 0.308 e. The van der Waals surface area contributed by atoms with E-state index in [9.17, 15) is 4.79 Å². The first kappa shape index (κ1) is 97.0. The van der Waals surface area contributed by atoms with Gasteiger partial charge in [-0.1, -0.05) is 109 Å². The molecule has 676 valence electrons. The number of carbonyl (C=O) groups is 1. The van der Waals surface area contributed by atoms with Gasteiger partial charge in [0.05, 0.1) is 46.2 Å². The van der Waals surface area contributed by atoms with E-state index < -0.39 is 0 Å². The van der Waals surface area contributed by atoms with E-state index in [0.29, 0.717) is 157 Å². The maximum absolute atomic E-state index is 11.2. The van der Waals surface area contributed by atoms with Gasteiger partial charge in [-0.15, -0.1) is 0 Å². The predicted molar refractivity (Wildman–Crippen MR) is 540 cm³/mol. The van der Waals surface area contributed by atoms with Crippen LogP contribution in [0.3, 0.4) is 0 Å². The first-order valence-electron chi connectivity index (χ1n) is 45.9. The van der Waals surface area contributed by atoms with Crippen molar-refractivity contribution < 1.29 is 66.4 Å². The average molecular weight is 1840 g/mol. The fourth-order valence-electron chi connectivity index (χ4n) is 17.1. The zero-order chi connectivity index (χ0) is 87.8. The summed E-state index contributed by atoms with van der Waals surface area (Å²) in [4.78, 5) is 20.3. The molecule has 0 bridgehead atoms. The maximum Gasteiger partial charge on any atom is 0.308 e. The zero-order valence-corrected chi connectivity index (χ0v) is 80.6. The van der Waals surface area contributed by atoms with E-state index >= 15 is 0 Å². The van der Waals surface area contributed by atoms with Crippen LogP contribution in [0.5, 0.6) is 34.5 Å². The molecule has 0 unspecified atom stereocenters. The molecular weight excluding hydrogens is 1700 g/mol. The van der Waals surface area contributed by atoms with Gasteiger partial charge in [0.15, 0.2) is 43.0 Å². The van der Waals surface area contributed by atoms with Gasteiger partial charge >= 0.3 is 5.97 Å². The van der Waals surface area contributed by atoms with Crippen molar-refractivity contribution in [2.45, 2.75) is 140 Å². The SMILES string of the molecule is CC(=O)Oc1ccc([S+]2CCCCC2)c2ccccc12.CCOCOc1ccc([S+]2CCCC2)c2ccccc12.COCCOCCOc1ccc([S+]2CCCC2)c2ccccc12.COCCOCCOc1ccc([S+]2CCCCC2)c2ccccc12.COCCOc1ccc([S+]2CCCCC2)c2ccccc12.COCOc1ccc([S+]2CCCC2)c2ccccc12. The average Bonchev–Trinajstić information content (AvgIpc) is 1.78. The molecule has 0 atom stereocenters. The van der Waals surface area contributed by atoms with Crippen molar-refractivity contribution in [1.82, 2.24) is 0 Å². The Labute approximate surface area is 772 Å². The summed E-state index contributed by atoms with van der Waals surface area (Å²) in [6, 6.07) is 77.5. The Balaban J connectivity index is 0.000000131. The molecule has 6 aliphatic heterocycles. The molecule has 12 aromatic rings. The number of hydrogen-bond acceptors (Lipinski definition) is 14. The number of ether oxygens (including phenoxy) is 13. The van der Waals surface area contributed by atoms with Crippen LogP contribution in [0, 0.1) is 0 Å². The first-order valence-corrected chi connectivity index (χ1v) is 55.3. The molecule has 12 aromatic carbocycles. The van der Waals surface area contributed by atoms with E-state index in [1.54, 1.807) is 28.4 Å². The molecule has 18 rings (SSSR count). The Bertz CT molecular complexity index is 5310. The minimum Gasteiger partial charge on any atom is -0.491 e. The van der Waals surface area contributed by atoms with Gasteiger partial charge in [0.2, 0.25) is 0 Å². The monoisotopic (exact) mass is 1830 g/mol. The van der Waals surface area contributed by atoms with Gasteiger partial charge in [-0.05, 0) is 212 Å². The van der Waals surface area contributed by atoms with E-state index in [2.05, 4.69) is 200 Å². The van der Waals surface area contributed by atoms with Crippen molar-refractivity contribution >= 4 is 136 Å². The third-order valence-electron chi connectivity index (χ3n) is 23.3. The normalized spacial score (nSPS) is 15.9. The summed E-state index contributed by atoms with van der Waals surface area (Å²) in [5, 5.41) is 15.2. The lowest BCUT2D eigenvalue weighted by atomic mass is 10.1. The second kappa shape index (κ2) is 53.7. The van der Waals surface area contributed by atoms with Gasteiger partial charge < -0.3 is 61.6 Å². The Morgan fingerprint density at radius 3 is 0.693 bits per heavy atom. The summed E-state index contributed by atoms with van der Waals surface area (Å²) in [7, 11) is 9.18. The molecule has 0 N–H and O–H groups in total. The molecule has 6 saturated heterocycles. The Kier molecular flexibility index (Phi) is 41.0. The number of hydrogen-bond donors (Lipinski definition) is 0. The highest BCUT2D eigenvalue weighted by atomic mass is 32.2. The van der Waals surface area contributed by atoms with Crippen molar-refractivity contribution in [2.75, 3.05) is 184 Å². The minimum atomic E-state index is -0.261. The van der Waals surface area contributed by atoms with Gasteiger partial charge in [0, 0.05) is 172 Å².